The average Bonchev–Trinajstić information content (AvgIpc) is 2.81. The molecule has 0 aromatic heterocycles. The third-order valence-electron chi connectivity index (χ3n) is 4.66. The van der Waals surface area contributed by atoms with E-state index in [2.05, 4.69) is 5.16 Å². The van der Waals surface area contributed by atoms with E-state index >= 15 is 0 Å². The fourth-order valence-electron chi connectivity index (χ4n) is 3.67. The number of carbonyl (C=O) groups is 1. The first-order valence-corrected chi connectivity index (χ1v) is 7.34. The Hall–Kier alpha value is -1.26. The summed E-state index contributed by atoms with van der Waals surface area (Å²) in [5, 5.41) is 11.9. The SMILES string of the molecule is CC(C)C(C(=O)N1CCC2CCCCC21)C(N)=NO. The van der Waals surface area contributed by atoms with Crippen LogP contribution in [0.1, 0.15) is 46.0 Å². The van der Waals surface area contributed by atoms with Crippen LogP contribution < -0.4 is 5.73 Å². The number of amides is 1. The van der Waals surface area contributed by atoms with Crippen molar-refractivity contribution in [1.29, 1.82) is 0 Å². The average molecular weight is 267 g/mol. The number of likely N-dealkylation sites (tertiary alicyclic amines) is 1. The minimum Gasteiger partial charge on any atom is -0.409 e. The van der Waals surface area contributed by atoms with E-state index in [0.717, 1.165) is 19.4 Å². The van der Waals surface area contributed by atoms with Crippen LogP contribution in [0.3, 0.4) is 0 Å². The predicted molar refractivity (Wildman–Crippen MR) is 73.8 cm³/mol. The lowest BCUT2D eigenvalue weighted by Gasteiger charge is -2.34. The van der Waals surface area contributed by atoms with Gasteiger partial charge in [0.15, 0.2) is 5.84 Å². The first-order chi connectivity index (χ1) is 9.06. The number of hydrogen-bond acceptors (Lipinski definition) is 3. The molecule has 1 saturated carbocycles. The molecule has 0 aromatic rings. The molecule has 1 aliphatic carbocycles. The molecule has 2 aliphatic rings. The van der Waals surface area contributed by atoms with Gasteiger partial charge in [-0.25, -0.2) is 0 Å². The lowest BCUT2D eigenvalue weighted by atomic mass is 9.84. The van der Waals surface area contributed by atoms with E-state index in [1.165, 1.54) is 19.3 Å². The molecule has 19 heavy (non-hydrogen) atoms. The molecule has 0 bridgehead atoms. The van der Waals surface area contributed by atoms with Crippen LogP contribution in [0.15, 0.2) is 5.16 Å². The van der Waals surface area contributed by atoms with Gasteiger partial charge in [0.25, 0.3) is 0 Å². The number of nitrogens with zero attached hydrogens (tertiary/aromatic N) is 2. The van der Waals surface area contributed by atoms with Crippen LogP contribution in [-0.4, -0.2) is 34.4 Å². The van der Waals surface area contributed by atoms with Gasteiger partial charge in [-0.3, -0.25) is 4.79 Å². The van der Waals surface area contributed by atoms with Crippen molar-refractivity contribution in [1.82, 2.24) is 4.90 Å². The molecule has 5 nitrogen and oxygen atoms in total. The van der Waals surface area contributed by atoms with Crippen LogP contribution in [0.2, 0.25) is 0 Å². The molecule has 3 atom stereocenters. The summed E-state index contributed by atoms with van der Waals surface area (Å²) in [7, 11) is 0. The molecule has 0 aromatic carbocycles. The lowest BCUT2D eigenvalue weighted by molar-refractivity contribution is -0.136. The van der Waals surface area contributed by atoms with Gasteiger partial charge in [0, 0.05) is 12.6 Å². The predicted octanol–water partition coefficient (Wildman–Crippen LogP) is 1.80. The highest BCUT2D eigenvalue weighted by Gasteiger charge is 2.41. The smallest absolute Gasteiger partial charge is 0.233 e. The second kappa shape index (κ2) is 5.80. The third-order valence-corrected chi connectivity index (χ3v) is 4.66. The van der Waals surface area contributed by atoms with Gasteiger partial charge < -0.3 is 15.8 Å². The molecule has 2 fully saturated rings. The van der Waals surface area contributed by atoms with Gasteiger partial charge in [-0.1, -0.05) is 31.8 Å². The Morgan fingerprint density at radius 2 is 2.00 bits per heavy atom. The van der Waals surface area contributed by atoms with Gasteiger partial charge >= 0.3 is 0 Å². The Morgan fingerprint density at radius 1 is 1.32 bits per heavy atom. The highest BCUT2D eigenvalue weighted by molar-refractivity contribution is 6.02. The van der Waals surface area contributed by atoms with Crippen molar-refractivity contribution >= 4 is 11.7 Å². The standard InChI is InChI=1S/C14H25N3O2/c1-9(2)12(13(15)16-19)14(18)17-8-7-10-5-3-4-6-11(10)17/h9-12,19H,3-8H2,1-2H3,(H2,15,16). The van der Waals surface area contributed by atoms with E-state index in [1.54, 1.807) is 0 Å². The highest BCUT2D eigenvalue weighted by Crippen LogP contribution is 2.37. The normalized spacial score (nSPS) is 29.4. The van der Waals surface area contributed by atoms with E-state index in [1.807, 2.05) is 18.7 Å². The molecule has 1 saturated heterocycles. The summed E-state index contributed by atoms with van der Waals surface area (Å²) in [5.41, 5.74) is 5.71. The van der Waals surface area contributed by atoms with Crippen molar-refractivity contribution in [3.05, 3.63) is 0 Å². The van der Waals surface area contributed by atoms with Crippen molar-refractivity contribution in [2.45, 2.75) is 52.0 Å². The number of hydrogen-bond donors (Lipinski definition) is 2. The van der Waals surface area contributed by atoms with Crippen LogP contribution in [0.25, 0.3) is 0 Å². The highest BCUT2D eigenvalue weighted by atomic mass is 16.4. The quantitative estimate of drug-likeness (QED) is 0.354. The minimum absolute atomic E-state index is 0.0410. The molecule has 0 radical (unpaired) electrons. The molecule has 1 amide bonds. The number of fused-ring (bicyclic) bond motifs is 1. The summed E-state index contributed by atoms with van der Waals surface area (Å²) in [4.78, 5) is 14.7. The fraction of sp³-hybridized carbons (Fsp3) is 0.857. The minimum atomic E-state index is -0.495. The number of rotatable bonds is 3. The van der Waals surface area contributed by atoms with Crippen molar-refractivity contribution < 1.29 is 10.0 Å². The molecule has 3 unspecified atom stereocenters. The molecule has 1 heterocycles. The zero-order valence-corrected chi connectivity index (χ0v) is 11.9. The van der Waals surface area contributed by atoms with Crippen LogP contribution in [0.4, 0.5) is 0 Å². The Morgan fingerprint density at radius 3 is 2.63 bits per heavy atom. The second-order valence-electron chi connectivity index (χ2n) is 6.18. The maximum absolute atomic E-state index is 12.7. The summed E-state index contributed by atoms with van der Waals surface area (Å²) in [6.45, 7) is 4.71. The number of oxime groups is 1. The van der Waals surface area contributed by atoms with E-state index in [9.17, 15) is 4.79 Å². The first kappa shape index (κ1) is 14.2. The van der Waals surface area contributed by atoms with Crippen molar-refractivity contribution in [3.63, 3.8) is 0 Å². The Bertz CT molecular complexity index is 368. The number of amidine groups is 1. The molecular formula is C14H25N3O2. The van der Waals surface area contributed by atoms with Crippen molar-refractivity contribution in [2.75, 3.05) is 6.54 Å². The van der Waals surface area contributed by atoms with Gasteiger partial charge in [0.05, 0.1) is 0 Å². The summed E-state index contributed by atoms with van der Waals surface area (Å²) in [6.07, 6.45) is 5.96. The molecule has 108 valence electrons. The van der Waals surface area contributed by atoms with Crippen molar-refractivity contribution in [3.8, 4) is 0 Å². The van der Waals surface area contributed by atoms with Crippen LogP contribution >= 0.6 is 0 Å². The van der Waals surface area contributed by atoms with Crippen LogP contribution in [-0.2, 0) is 4.79 Å². The Balaban J connectivity index is 2.13. The topological polar surface area (TPSA) is 78.9 Å². The molecular weight excluding hydrogens is 242 g/mol. The van der Waals surface area contributed by atoms with Crippen LogP contribution in [0.5, 0.6) is 0 Å². The molecule has 5 heteroatoms. The maximum atomic E-state index is 12.7. The largest absolute Gasteiger partial charge is 0.409 e. The third kappa shape index (κ3) is 2.69. The summed E-state index contributed by atoms with van der Waals surface area (Å²) in [5.74, 6) is 0.300. The lowest BCUT2D eigenvalue weighted by Crippen LogP contribution is -2.47. The zero-order valence-electron chi connectivity index (χ0n) is 11.9. The van der Waals surface area contributed by atoms with Crippen LogP contribution in [0, 0.1) is 17.8 Å². The van der Waals surface area contributed by atoms with E-state index in [4.69, 9.17) is 10.9 Å². The number of carbonyl (C=O) groups excluding carboxylic acids is 1. The summed E-state index contributed by atoms with van der Waals surface area (Å²) < 4.78 is 0. The van der Waals surface area contributed by atoms with Gasteiger partial charge in [-0.15, -0.1) is 0 Å². The van der Waals surface area contributed by atoms with E-state index in [-0.39, 0.29) is 17.7 Å². The second-order valence-corrected chi connectivity index (χ2v) is 6.18. The Kier molecular flexibility index (Phi) is 4.32. The van der Waals surface area contributed by atoms with Gasteiger partial charge in [0.1, 0.15) is 5.92 Å². The molecule has 0 spiro atoms. The van der Waals surface area contributed by atoms with Gasteiger partial charge in [-0.2, -0.15) is 0 Å². The molecule has 3 N–H and O–H groups in total. The van der Waals surface area contributed by atoms with Crippen molar-refractivity contribution in [2.24, 2.45) is 28.6 Å². The molecule has 2 rings (SSSR count). The van der Waals surface area contributed by atoms with Gasteiger partial charge in [-0.05, 0) is 31.1 Å². The van der Waals surface area contributed by atoms with Gasteiger partial charge in [0.2, 0.25) is 5.91 Å². The fourth-order valence-corrected chi connectivity index (χ4v) is 3.67. The molecule has 1 aliphatic heterocycles. The monoisotopic (exact) mass is 267 g/mol. The zero-order chi connectivity index (χ0) is 14.0. The maximum Gasteiger partial charge on any atom is 0.233 e. The number of nitrogens with two attached hydrogens (primary N) is 1. The van der Waals surface area contributed by atoms with E-state index in [0.29, 0.717) is 12.0 Å². The van der Waals surface area contributed by atoms with E-state index < -0.39 is 5.92 Å². The first-order valence-electron chi connectivity index (χ1n) is 7.34. The summed E-state index contributed by atoms with van der Waals surface area (Å²) >= 11 is 0. The summed E-state index contributed by atoms with van der Waals surface area (Å²) in [6, 6.07) is 0.383. The Labute approximate surface area is 114 Å².